The Hall–Kier alpha value is -2.31. The number of nitrogens with zero attached hydrogens (tertiary/aromatic N) is 2. The van der Waals surface area contributed by atoms with Gasteiger partial charge in [0.05, 0.1) is 7.11 Å². The van der Waals surface area contributed by atoms with E-state index >= 15 is 0 Å². The zero-order valence-corrected chi connectivity index (χ0v) is 13.7. The van der Waals surface area contributed by atoms with Gasteiger partial charge in [0.1, 0.15) is 11.4 Å². The molecule has 0 radical (unpaired) electrons. The third-order valence-corrected chi connectivity index (χ3v) is 4.61. The minimum atomic E-state index is -1.62. The molecule has 2 heterocycles. The van der Waals surface area contributed by atoms with Gasteiger partial charge >= 0.3 is 0 Å². The fourth-order valence-corrected chi connectivity index (χ4v) is 3.30. The third-order valence-electron chi connectivity index (χ3n) is 4.61. The topological polar surface area (TPSA) is 25.4 Å². The third kappa shape index (κ3) is 3.55. The molecule has 0 atom stereocenters. The second kappa shape index (κ2) is 7.29. The van der Waals surface area contributed by atoms with Crippen LogP contribution in [0.3, 0.4) is 0 Å². The molecule has 1 saturated heterocycles. The molecule has 1 aliphatic rings. The van der Waals surface area contributed by atoms with Crippen LogP contribution in [0.1, 0.15) is 18.4 Å². The van der Waals surface area contributed by atoms with Gasteiger partial charge in [0.2, 0.25) is 11.6 Å². The maximum atomic E-state index is 13.9. The smallest absolute Gasteiger partial charge is 0.253 e. The molecule has 0 unspecified atom stereocenters. The first kappa shape index (κ1) is 17.5. The van der Waals surface area contributed by atoms with Crippen molar-refractivity contribution in [2.75, 3.05) is 25.1 Å². The Balaban J connectivity index is 1.71. The maximum absolute atomic E-state index is 13.9. The zero-order chi connectivity index (χ0) is 18.0. The van der Waals surface area contributed by atoms with Crippen LogP contribution in [0.5, 0.6) is 5.75 Å². The average molecular weight is 354 g/mol. The summed E-state index contributed by atoms with van der Waals surface area (Å²) in [4.78, 5) is 3.94. The quantitative estimate of drug-likeness (QED) is 0.610. The molecule has 1 aliphatic heterocycles. The van der Waals surface area contributed by atoms with Crippen molar-refractivity contribution in [1.82, 2.24) is 4.98 Å². The van der Waals surface area contributed by atoms with Crippen LogP contribution in [0.15, 0.2) is 24.3 Å². The summed E-state index contributed by atoms with van der Waals surface area (Å²) >= 11 is 0. The number of hydrogen-bond acceptors (Lipinski definition) is 3. The minimum Gasteiger partial charge on any atom is -0.496 e. The number of pyridine rings is 1. The number of piperidine rings is 1. The van der Waals surface area contributed by atoms with Gasteiger partial charge in [-0.2, -0.15) is 22.5 Å². The molecule has 1 aromatic heterocycles. The van der Waals surface area contributed by atoms with E-state index in [1.807, 2.05) is 24.3 Å². The molecule has 0 aliphatic carbocycles. The maximum Gasteiger partial charge on any atom is 0.253 e. The van der Waals surface area contributed by atoms with Crippen molar-refractivity contribution < 1.29 is 22.3 Å². The first-order valence-electron chi connectivity index (χ1n) is 8.08. The molecule has 2 aromatic rings. The first-order chi connectivity index (χ1) is 12.0. The van der Waals surface area contributed by atoms with E-state index in [4.69, 9.17) is 4.74 Å². The van der Waals surface area contributed by atoms with E-state index in [2.05, 4.69) is 4.98 Å². The number of hydrogen-bond donors (Lipinski definition) is 0. The second-order valence-electron chi connectivity index (χ2n) is 6.12. The summed E-state index contributed by atoms with van der Waals surface area (Å²) in [7, 11) is 1.61. The monoisotopic (exact) mass is 354 g/mol. The van der Waals surface area contributed by atoms with Crippen molar-refractivity contribution >= 4 is 5.69 Å². The molecule has 25 heavy (non-hydrogen) atoms. The molecular formula is C18H18F4N2O. The Labute approximate surface area is 143 Å². The molecule has 0 saturated carbocycles. The highest BCUT2D eigenvalue weighted by atomic mass is 19.2. The van der Waals surface area contributed by atoms with Crippen LogP contribution < -0.4 is 9.64 Å². The second-order valence-corrected chi connectivity index (χ2v) is 6.12. The van der Waals surface area contributed by atoms with E-state index < -0.39 is 29.2 Å². The fourth-order valence-electron chi connectivity index (χ4n) is 3.30. The highest BCUT2D eigenvalue weighted by Gasteiger charge is 2.28. The molecule has 1 fully saturated rings. The van der Waals surface area contributed by atoms with E-state index in [9.17, 15) is 17.6 Å². The van der Waals surface area contributed by atoms with Gasteiger partial charge in [-0.15, -0.1) is 0 Å². The Kier molecular flexibility index (Phi) is 5.11. The minimum absolute atomic E-state index is 0.301. The summed E-state index contributed by atoms with van der Waals surface area (Å²) in [6.07, 6.45) is 2.09. The molecule has 3 rings (SSSR count). The normalized spacial score (nSPS) is 15.5. The summed E-state index contributed by atoms with van der Waals surface area (Å²) in [6, 6.07) is 7.69. The van der Waals surface area contributed by atoms with Crippen molar-refractivity contribution in [3.63, 3.8) is 0 Å². The summed E-state index contributed by atoms with van der Waals surface area (Å²) in [5, 5.41) is 0. The van der Waals surface area contributed by atoms with Crippen LogP contribution in [0.25, 0.3) is 0 Å². The summed E-state index contributed by atoms with van der Waals surface area (Å²) in [5.41, 5.74) is 0.405. The van der Waals surface area contributed by atoms with Crippen molar-refractivity contribution in [2.45, 2.75) is 19.3 Å². The van der Waals surface area contributed by atoms with Gasteiger partial charge in [-0.3, -0.25) is 0 Å². The van der Waals surface area contributed by atoms with E-state index in [-0.39, 0.29) is 0 Å². The van der Waals surface area contributed by atoms with Gasteiger partial charge in [0.15, 0.2) is 0 Å². The Bertz CT molecular complexity index is 735. The average Bonchev–Trinajstić information content (AvgIpc) is 2.62. The lowest BCUT2D eigenvalue weighted by Gasteiger charge is -2.34. The lowest BCUT2D eigenvalue weighted by Crippen LogP contribution is -2.36. The van der Waals surface area contributed by atoms with Gasteiger partial charge in [-0.25, -0.2) is 0 Å². The predicted molar refractivity (Wildman–Crippen MR) is 85.7 cm³/mol. The van der Waals surface area contributed by atoms with Crippen molar-refractivity contribution in [3.8, 4) is 5.75 Å². The molecule has 0 N–H and O–H groups in total. The summed E-state index contributed by atoms with van der Waals surface area (Å²) in [5.74, 6) is -5.02. The molecule has 0 amide bonds. The number of benzene rings is 1. The van der Waals surface area contributed by atoms with Gasteiger partial charge < -0.3 is 9.64 Å². The Morgan fingerprint density at radius 2 is 1.64 bits per heavy atom. The van der Waals surface area contributed by atoms with E-state index in [0.717, 1.165) is 17.7 Å². The van der Waals surface area contributed by atoms with Crippen LogP contribution >= 0.6 is 0 Å². The summed E-state index contributed by atoms with van der Waals surface area (Å²) in [6.45, 7) is 0.632. The number of methoxy groups -OCH3 is 1. The first-order valence-corrected chi connectivity index (χ1v) is 8.08. The molecule has 0 bridgehead atoms. The van der Waals surface area contributed by atoms with Crippen LogP contribution in [-0.2, 0) is 6.42 Å². The van der Waals surface area contributed by atoms with Crippen molar-refractivity contribution in [2.24, 2.45) is 5.92 Å². The number of halogens is 4. The SMILES string of the molecule is COc1ccccc1CC1CCN(c2c(F)c(F)nc(F)c2F)CC1. The molecule has 134 valence electrons. The van der Waals surface area contributed by atoms with Gasteiger partial charge in [-0.05, 0) is 36.8 Å². The number of anilines is 1. The van der Waals surface area contributed by atoms with Crippen LogP contribution in [-0.4, -0.2) is 25.2 Å². The Morgan fingerprint density at radius 3 is 2.24 bits per heavy atom. The van der Waals surface area contributed by atoms with Crippen LogP contribution in [0.4, 0.5) is 23.2 Å². The number of aromatic nitrogens is 1. The zero-order valence-electron chi connectivity index (χ0n) is 13.7. The van der Waals surface area contributed by atoms with Crippen molar-refractivity contribution in [1.29, 1.82) is 0 Å². The van der Waals surface area contributed by atoms with Crippen LogP contribution in [0.2, 0.25) is 0 Å². The lowest BCUT2D eigenvalue weighted by molar-refractivity contribution is 0.369. The largest absolute Gasteiger partial charge is 0.496 e. The lowest BCUT2D eigenvalue weighted by atomic mass is 9.89. The molecule has 1 aromatic carbocycles. The standard InChI is InChI=1S/C18H18F4N2O/c1-25-13-5-3-2-4-12(13)10-11-6-8-24(9-7-11)16-14(19)17(21)23-18(22)15(16)20/h2-5,11H,6-10H2,1H3. The molecule has 7 heteroatoms. The van der Waals surface area contributed by atoms with E-state index in [1.165, 1.54) is 4.90 Å². The fraction of sp³-hybridized carbons (Fsp3) is 0.389. The highest BCUT2D eigenvalue weighted by Crippen LogP contribution is 2.32. The Morgan fingerprint density at radius 1 is 1.04 bits per heavy atom. The highest BCUT2D eigenvalue weighted by molar-refractivity contribution is 5.49. The molecular weight excluding hydrogens is 336 g/mol. The van der Waals surface area contributed by atoms with Gasteiger partial charge in [0, 0.05) is 13.1 Å². The number of ether oxygens (including phenoxy) is 1. The van der Waals surface area contributed by atoms with Crippen molar-refractivity contribution in [3.05, 3.63) is 53.4 Å². The van der Waals surface area contributed by atoms with Gasteiger partial charge in [0.25, 0.3) is 11.9 Å². The van der Waals surface area contributed by atoms with Crippen LogP contribution in [0, 0.1) is 29.4 Å². The van der Waals surface area contributed by atoms with E-state index in [1.54, 1.807) is 7.11 Å². The van der Waals surface area contributed by atoms with E-state index in [0.29, 0.717) is 31.8 Å². The predicted octanol–water partition coefficient (Wildman–Crippen LogP) is 4.11. The number of para-hydroxylation sites is 1. The molecule has 0 spiro atoms. The molecule has 3 nitrogen and oxygen atoms in total. The number of rotatable bonds is 4. The van der Waals surface area contributed by atoms with Gasteiger partial charge in [-0.1, -0.05) is 18.2 Å². The summed E-state index contributed by atoms with van der Waals surface area (Å²) < 4.78 is 59.6.